The van der Waals surface area contributed by atoms with E-state index in [-0.39, 0.29) is 42.0 Å². The molecule has 1 amide bonds. The lowest BCUT2D eigenvalue weighted by molar-refractivity contribution is -0.108. The highest BCUT2D eigenvalue weighted by Crippen LogP contribution is 2.32. The summed E-state index contributed by atoms with van der Waals surface area (Å²) in [5.41, 5.74) is -0.350. The minimum atomic E-state index is -0.931. The van der Waals surface area contributed by atoms with Crippen molar-refractivity contribution in [3.05, 3.63) is 49.8 Å². The molecular formula is C20H23BrClN5O3. The van der Waals surface area contributed by atoms with E-state index in [1.54, 1.807) is 23.1 Å². The van der Waals surface area contributed by atoms with Gasteiger partial charge in [-0.1, -0.05) is 34.0 Å². The van der Waals surface area contributed by atoms with Crippen LogP contribution in [0.1, 0.15) is 29.8 Å². The first-order valence-corrected chi connectivity index (χ1v) is 11.0. The fourth-order valence-corrected chi connectivity index (χ4v) is 4.69. The summed E-state index contributed by atoms with van der Waals surface area (Å²) in [5, 5.41) is 21.9. The number of hydrogen-bond acceptors (Lipinski definition) is 6. The molecule has 0 saturated carbocycles. The monoisotopic (exact) mass is 495 g/mol. The van der Waals surface area contributed by atoms with Crippen molar-refractivity contribution in [1.29, 1.82) is 0 Å². The number of benzene rings is 1. The van der Waals surface area contributed by atoms with Crippen LogP contribution in [0.15, 0.2) is 33.5 Å². The predicted octanol–water partition coefficient (Wildman–Crippen LogP) is 2.27. The second-order valence-corrected chi connectivity index (χ2v) is 9.21. The number of β-amino-alcohol motifs (C(OH)–C–C–N with tert-alkyl or cyclic N) is 1. The maximum Gasteiger partial charge on any atom is 0.276 e. The summed E-state index contributed by atoms with van der Waals surface area (Å²) in [6.07, 6.45) is 3.06. The number of nitrogens with zero attached hydrogens (tertiary/aromatic N) is 3. The third kappa shape index (κ3) is 4.12. The van der Waals surface area contributed by atoms with Crippen molar-refractivity contribution in [2.75, 3.05) is 25.0 Å². The van der Waals surface area contributed by atoms with Crippen LogP contribution in [0.2, 0.25) is 5.02 Å². The van der Waals surface area contributed by atoms with Crippen molar-refractivity contribution in [2.45, 2.75) is 30.9 Å². The Kier molecular flexibility index (Phi) is 5.89. The van der Waals surface area contributed by atoms with E-state index in [1.165, 1.54) is 13.1 Å². The lowest BCUT2D eigenvalue weighted by Gasteiger charge is -2.51. The number of amides is 1. The fraction of sp³-hybridized carbons (Fsp3) is 0.450. The predicted molar refractivity (Wildman–Crippen MR) is 118 cm³/mol. The SMILES string of the molecule is Cn1nc(C(=O)N2CC(O)([C@@H]3CCCCN3)C2)c(Nc2ccc(Br)cc2Cl)cc1=O. The van der Waals surface area contributed by atoms with Gasteiger partial charge >= 0.3 is 0 Å². The molecule has 1 aromatic carbocycles. The topological polar surface area (TPSA) is 99.5 Å². The fourth-order valence-electron chi connectivity index (χ4n) is 3.97. The number of aliphatic hydroxyl groups is 1. The number of carbonyl (C=O) groups excluding carboxylic acids is 1. The molecule has 1 aromatic heterocycles. The summed E-state index contributed by atoms with van der Waals surface area (Å²) in [6.45, 7) is 1.34. The summed E-state index contributed by atoms with van der Waals surface area (Å²) in [5.74, 6) is -0.346. The van der Waals surface area contributed by atoms with Gasteiger partial charge in [0, 0.05) is 23.6 Å². The van der Waals surface area contributed by atoms with Crippen molar-refractivity contribution in [1.82, 2.24) is 20.0 Å². The minimum Gasteiger partial charge on any atom is -0.385 e. The highest BCUT2D eigenvalue weighted by molar-refractivity contribution is 9.10. The standard InChI is InChI=1S/C20H23BrClN5O3/c1-26-17(28)9-15(24-14-6-5-12(21)8-13(14)22)18(25-26)19(29)27-10-20(30,11-27)16-4-2-3-7-23-16/h5-6,8-9,16,23-24,30H,2-4,7,10-11H2,1H3/t16-/m0/s1. The average molecular weight is 497 g/mol. The van der Waals surface area contributed by atoms with Crippen molar-refractivity contribution in [2.24, 2.45) is 7.05 Å². The Morgan fingerprint density at radius 2 is 2.10 bits per heavy atom. The molecule has 0 radical (unpaired) electrons. The number of hydrogen-bond donors (Lipinski definition) is 3. The van der Waals surface area contributed by atoms with Gasteiger partial charge < -0.3 is 20.6 Å². The Bertz CT molecular complexity index is 1030. The van der Waals surface area contributed by atoms with Gasteiger partial charge in [-0.3, -0.25) is 9.59 Å². The molecular weight excluding hydrogens is 474 g/mol. The molecule has 8 nitrogen and oxygen atoms in total. The van der Waals surface area contributed by atoms with Crippen LogP contribution in [0, 0.1) is 0 Å². The summed E-state index contributed by atoms with van der Waals surface area (Å²) < 4.78 is 1.93. The van der Waals surface area contributed by atoms with Crippen LogP contribution in [-0.2, 0) is 7.05 Å². The molecule has 4 rings (SSSR count). The molecule has 0 aliphatic carbocycles. The molecule has 160 valence electrons. The van der Waals surface area contributed by atoms with Crippen LogP contribution in [0.3, 0.4) is 0 Å². The van der Waals surface area contributed by atoms with Crippen molar-refractivity contribution in [3.63, 3.8) is 0 Å². The lowest BCUT2D eigenvalue weighted by atomic mass is 9.81. The number of anilines is 2. The minimum absolute atomic E-state index is 0.0115. The Morgan fingerprint density at radius 1 is 1.33 bits per heavy atom. The number of halogens is 2. The molecule has 3 heterocycles. The van der Waals surface area contributed by atoms with Gasteiger partial charge in [-0.15, -0.1) is 0 Å². The summed E-state index contributed by atoms with van der Waals surface area (Å²) in [6, 6.07) is 6.58. The van der Waals surface area contributed by atoms with E-state index >= 15 is 0 Å². The molecule has 30 heavy (non-hydrogen) atoms. The van der Waals surface area contributed by atoms with E-state index in [1.807, 2.05) is 0 Å². The quantitative estimate of drug-likeness (QED) is 0.601. The number of nitrogens with one attached hydrogen (secondary N) is 2. The molecule has 2 aliphatic heterocycles. The Balaban J connectivity index is 1.57. The third-order valence-corrected chi connectivity index (χ3v) is 6.48. The van der Waals surface area contributed by atoms with Gasteiger partial charge in [0.2, 0.25) is 0 Å². The first-order chi connectivity index (χ1) is 14.3. The Morgan fingerprint density at radius 3 is 2.77 bits per heavy atom. The van der Waals surface area contributed by atoms with E-state index in [9.17, 15) is 14.7 Å². The largest absolute Gasteiger partial charge is 0.385 e. The van der Waals surface area contributed by atoms with Crippen molar-refractivity contribution >= 4 is 44.8 Å². The Labute approximate surface area is 187 Å². The van der Waals surface area contributed by atoms with Gasteiger partial charge in [0.15, 0.2) is 5.69 Å². The molecule has 2 aliphatic rings. The van der Waals surface area contributed by atoms with Gasteiger partial charge in [-0.05, 0) is 37.6 Å². The second-order valence-electron chi connectivity index (χ2n) is 7.88. The smallest absolute Gasteiger partial charge is 0.276 e. The van der Waals surface area contributed by atoms with Crippen LogP contribution >= 0.6 is 27.5 Å². The normalized spacial score (nSPS) is 20.5. The average Bonchev–Trinajstić information content (AvgIpc) is 2.70. The Hall–Kier alpha value is -1.94. The number of likely N-dealkylation sites (tertiary alicyclic amines) is 1. The van der Waals surface area contributed by atoms with Crippen LogP contribution in [0.4, 0.5) is 11.4 Å². The molecule has 2 fully saturated rings. The summed E-state index contributed by atoms with van der Waals surface area (Å²) in [4.78, 5) is 26.9. The lowest BCUT2D eigenvalue weighted by Crippen LogP contribution is -2.72. The van der Waals surface area contributed by atoms with E-state index < -0.39 is 5.60 Å². The maximum absolute atomic E-state index is 13.1. The summed E-state index contributed by atoms with van der Waals surface area (Å²) >= 11 is 9.63. The summed E-state index contributed by atoms with van der Waals surface area (Å²) in [7, 11) is 1.49. The first-order valence-electron chi connectivity index (χ1n) is 9.82. The van der Waals surface area contributed by atoms with Crippen LogP contribution in [-0.4, -0.2) is 57.0 Å². The van der Waals surface area contributed by atoms with E-state index in [4.69, 9.17) is 11.6 Å². The van der Waals surface area contributed by atoms with Crippen molar-refractivity contribution in [3.8, 4) is 0 Å². The van der Waals surface area contributed by atoms with Gasteiger partial charge in [0.25, 0.3) is 11.5 Å². The van der Waals surface area contributed by atoms with Crippen LogP contribution < -0.4 is 16.2 Å². The van der Waals surface area contributed by atoms with Crippen molar-refractivity contribution < 1.29 is 9.90 Å². The molecule has 2 aromatic rings. The molecule has 2 saturated heterocycles. The highest BCUT2D eigenvalue weighted by atomic mass is 79.9. The molecule has 0 bridgehead atoms. The van der Waals surface area contributed by atoms with Gasteiger partial charge in [0.05, 0.1) is 29.5 Å². The number of carbonyl (C=O) groups is 1. The van der Waals surface area contributed by atoms with E-state index in [0.717, 1.165) is 35.0 Å². The zero-order chi connectivity index (χ0) is 21.5. The molecule has 1 atom stereocenters. The first kappa shape index (κ1) is 21.3. The van der Waals surface area contributed by atoms with Gasteiger partial charge in [-0.2, -0.15) is 5.10 Å². The van der Waals surface area contributed by atoms with Gasteiger partial charge in [0.1, 0.15) is 5.60 Å². The number of aryl methyl sites for hydroxylation is 1. The zero-order valence-corrected chi connectivity index (χ0v) is 18.8. The van der Waals surface area contributed by atoms with E-state index in [0.29, 0.717) is 10.7 Å². The molecule has 10 heteroatoms. The van der Waals surface area contributed by atoms with Crippen LogP contribution in [0.25, 0.3) is 0 Å². The van der Waals surface area contributed by atoms with Gasteiger partial charge in [-0.25, -0.2) is 4.68 Å². The second kappa shape index (κ2) is 8.30. The molecule has 0 spiro atoms. The van der Waals surface area contributed by atoms with Crippen LogP contribution in [0.5, 0.6) is 0 Å². The highest BCUT2D eigenvalue weighted by Gasteiger charge is 2.50. The van der Waals surface area contributed by atoms with E-state index in [2.05, 4.69) is 31.7 Å². The number of rotatable bonds is 4. The maximum atomic E-state index is 13.1. The zero-order valence-electron chi connectivity index (χ0n) is 16.5. The number of aromatic nitrogens is 2. The number of piperidine rings is 1. The molecule has 3 N–H and O–H groups in total. The third-order valence-electron chi connectivity index (χ3n) is 5.67. The molecule has 0 unspecified atom stereocenters.